The van der Waals surface area contributed by atoms with Crippen LogP contribution < -0.4 is 10.6 Å². The molecule has 2 N–H and O–H groups in total. The molecule has 0 bridgehead atoms. The number of anilines is 1. The summed E-state index contributed by atoms with van der Waals surface area (Å²) < 4.78 is 2.13. The third-order valence-corrected chi connectivity index (χ3v) is 3.52. The van der Waals surface area contributed by atoms with Crippen molar-refractivity contribution in [3.8, 4) is 0 Å². The van der Waals surface area contributed by atoms with Gasteiger partial charge >= 0.3 is 0 Å². The highest BCUT2D eigenvalue weighted by atomic mass is 15.3. The molecule has 1 fully saturated rings. The normalized spacial score (nSPS) is 22.8. The minimum absolute atomic E-state index is 0.288. The Morgan fingerprint density at radius 2 is 2.38 bits per heavy atom. The van der Waals surface area contributed by atoms with Gasteiger partial charge in [0.1, 0.15) is 0 Å². The molecule has 4 nitrogen and oxygen atoms in total. The number of nitrogens with zero attached hydrogens (tertiary/aromatic N) is 3. The molecule has 90 valence electrons. The molecule has 0 radical (unpaired) electrons. The number of aryl methyl sites for hydroxylation is 2. The standard InChI is InChI=1S/C12H22N4/c1-4-11-8-15(3)12(14-11)16-6-5-10(7-16)9(2)13/h8-10H,4-7,13H2,1-3H3. The summed E-state index contributed by atoms with van der Waals surface area (Å²) in [6.07, 6.45) is 4.30. The van der Waals surface area contributed by atoms with Crippen LogP contribution in [0.3, 0.4) is 0 Å². The van der Waals surface area contributed by atoms with Gasteiger partial charge in [0.15, 0.2) is 0 Å². The van der Waals surface area contributed by atoms with E-state index in [4.69, 9.17) is 5.73 Å². The van der Waals surface area contributed by atoms with Crippen molar-refractivity contribution < 1.29 is 0 Å². The molecule has 4 heteroatoms. The lowest BCUT2D eigenvalue weighted by atomic mass is 10.0. The maximum absolute atomic E-state index is 5.95. The van der Waals surface area contributed by atoms with Crippen LogP contribution in [-0.2, 0) is 13.5 Å². The minimum Gasteiger partial charge on any atom is -0.342 e. The fourth-order valence-electron chi connectivity index (χ4n) is 2.38. The van der Waals surface area contributed by atoms with Crippen LogP contribution in [0.1, 0.15) is 26.0 Å². The molecule has 0 aromatic carbocycles. The molecule has 0 saturated carbocycles. The highest BCUT2D eigenvalue weighted by molar-refractivity contribution is 5.35. The smallest absolute Gasteiger partial charge is 0.205 e. The van der Waals surface area contributed by atoms with Crippen molar-refractivity contribution in [2.75, 3.05) is 18.0 Å². The van der Waals surface area contributed by atoms with Gasteiger partial charge in [-0.25, -0.2) is 4.98 Å². The number of hydrogen-bond donors (Lipinski definition) is 1. The van der Waals surface area contributed by atoms with Gasteiger partial charge in [0.2, 0.25) is 5.95 Å². The molecule has 2 heterocycles. The SMILES string of the molecule is CCc1cn(C)c(N2CCC(C(C)N)C2)n1. The van der Waals surface area contributed by atoms with E-state index in [1.807, 2.05) is 0 Å². The molecular weight excluding hydrogens is 200 g/mol. The third kappa shape index (κ3) is 2.07. The summed E-state index contributed by atoms with van der Waals surface area (Å²) >= 11 is 0. The van der Waals surface area contributed by atoms with Crippen molar-refractivity contribution in [2.24, 2.45) is 18.7 Å². The zero-order valence-electron chi connectivity index (χ0n) is 10.5. The largest absolute Gasteiger partial charge is 0.342 e. The topological polar surface area (TPSA) is 47.1 Å². The molecule has 1 aromatic heterocycles. The Bertz CT molecular complexity index is 356. The quantitative estimate of drug-likeness (QED) is 0.834. The predicted molar refractivity (Wildman–Crippen MR) is 66.6 cm³/mol. The average molecular weight is 222 g/mol. The van der Waals surface area contributed by atoms with Crippen molar-refractivity contribution >= 4 is 5.95 Å². The Hall–Kier alpha value is -1.03. The van der Waals surface area contributed by atoms with Gasteiger partial charge in [-0.3, -0.25) is 0 Å². The molecule has 1 aromatic rings. The number of rotatable bonds is 3. The van der Waals surface area contributed by atoms with E-state index in [1.165, 1.54) is 12.1 Å². The van der Waals surface area contributed by atoms with E-state index in [2.05, 4.69) is 41.5 Å². The van der Waals surface area contributed by atoms with Gasteiger partial charge in [-0.05, 0) is 25.7 Å². The number of aromatic nitrogens is 2. The molecule has 0 amide bonds. The summed E-state index contributed by atoms with van der Waals surface area (Å²) in [5.41, 5.74) is 7.12. The lowest BCUT2D eigenvalue weighted by Crippen LogP contribution is -2.30. The first-order valence-corrected chi connectivity index (χ1v) is 6.14. The van der Waals surface area contributed by atoms with E-state index in [0.717, 1.165) is 25.5 Å². The van der Waals surface area contributed by atoms with Crippen LogP contribution in [0.25, 0.3) is 0 Å². The Kier molecular flexibility index (Phi) is 3.19. The van der Waals surface area contributed by atoms with E-state index >= 15 is 0 Å². The third-order valence-electron chi connectivity index (χ3n) is 3.52. The van der Waals surface area contributed by atoms with Gasteiger partial charge < -0.3 is 15.2 Å². The van der Waals surface area contributed by atoms with Crippen molar-refractivity contribution in [3.63, 3.8) is 0 Å². The molecular formula is C12H22N4. The van der Waals surface area contributed by atoms with Gasteiger partial charge in [-0.15, -0.1) is 0 Å². The van der Waals surface area contributed by atoms with Gasteiger partial charge in [-0.1, -0.05) is 6.92 Å². The Labute approximate surface area is 97.4 Å². The highest BCUT2D eigenvalue weighted by Gasteiger charge is 2.27. The molecule has 0 spiro atoms. The van der Waals surface area contributed by atoms with Crippen LogP contribution in [-0.4, -0.2) is 28.7 Å². The lowest BCUT2D eigenvalue weighted by Gasteiger charge is -2.18. The first-order chi connectivity index (χ1) is 7.61. The Morgan fingerprint density at radius 3 is 2.88 bits per heavy atom. The minimum atomic E-state index is 0.288. The molecule has 1 aliphatic heterocycles. The second kappa shape index (κ2) is 4.45. The second-order valence-electron chi connectivity index (χ2n) is 4.85. The maximum Gasteiger partial charge on any atom is 0.205 e. The van der Waals surface area contributed by atoms with Crippen LogP contribution in [0.15, 0.2) is 6.20 Å². The molecule has 2 rings (SSSR count). The Morgan fingerprint density at radius 1 is 1.62 bits per heavy atom. The van der Waals surface area contributed by atoms with Crippen molar-refractivity contribution in [1.29, 1.82) is 0 Å². The summed E-state index contributed by atoms with van der Waals surface area (Å²) in [4.78, 5) is 7.01. The van der Waals surface area contributed by atoms with E-state index in [-0.39, 0.29) is 6.04 Å². The summed E-state index contributed by atoms with van der Waals surface area (Å²) in [7, 11) is 2.07. The highest BCUT2D eigenvalue weighted by Crippen LogP contribution is 2.24. The van der Waals surface area contributed by atoms with Gasteiger partial charge in [0, 0.05) is 32.4 Å². The first kappa shape index (κ1) is 11.5. The van der Waals surface area contributed by atoms with Crippen LogP contribution in [0, 0.1) is 5.92 Å². The Balaban J connectivity index is 2.11. The van der Waals surface area contributed by atoms with E-state index in [9.17, 15) is 0 Å². The van der Waals surface area contributed by atoms with Crippen LogP contribution in [0.4, 0.5) is 5.95 Å². The van der Waals surface area contributed by atoms with Crippen LogP contribution in [0.5, 0.6) is 0 Å². The number of imidazole rings is 1. The molecule has 0 aliphatic carbocycles. The predicted octanol–water partition coefficient (Wildman–Crippen LogP) is 1.16. The van der Waals surface area contributed by atoms with E-state index < -0.39 is 0 Å². The fourth-order valence-corrected chi connectivity index (χ4v) is 2.38. The molecule has 16 heavy (non-hydrogen) atoms. The van der Waals surface area contributed by atoms with E-state index in [1.54, 1.807) is 0 Å². The molecule has 1 aliphatic rings. The maximum atomic E-state index is 5.95. The summed E-state index contributed by atoms with van der Waals surface area (Å²) in [5, 5.41) is 0. The monoisotopic (exact) mass is 222 g/mol. The van der Waals surface area contributed by atoms with Gasteiger partial charge in [0.25, 0.3) is 0 Å². The van der Waals surface area contributed by atoms with Crippen molar-refractivity contribution in [1.82, 2.24) is 9.55 Å². The summed E-state index contributed by atoms with van der Waals surface area (Å²) in [6.45, 7) is 6.37. The number of nitrogens with two attached hydrogens (primary N) is 1. The van der Waals surface area contributed by atoms with Gasteiger partial charge in [-0.2, -0.15) is 0 Å². The van der Waals surface area contributed by atoms with E-state index in [0.29, 0.717) is 5.92 Å². The van der Waals surface area contributed by atoms with Crippen LogP contribution >= 0.6 is 0 Å². The van der Waals surface area contributed by atoms with Crippen molar-refractivity contribution in [2.45, 2.75) is 32.7 Å². The summed E-state index contributed by atoms with van der Waals surface area (Å²) in [5.74, 6) is 1.71. The van der Waals surface area contributed by atoms with Crippen molar-refractivity contribution in [3.05, 3.63) is 11.9 Å². The fraction of sp³-hybridized carbons (Fsp3) is 0.750. The average Bonchev–Trinajstić information content (AvgIpc) is 2.83. The van der Waals surface area contributed by atoms with Crippen LogP contribution in [0.2, 0.25) is 0 Å². The molecule has 2 atom stereocenters. The zero-order valence-corrected chi connectivity index (χ0v) is 10.5. The summed E-state index contributed by atoms with van der Waals surface area (Å²) in [6, 6.07) is 0.288. The second-order valence-corrected chi connectivity index (χ2v) is 4.85. The zero-order chi connectivity index (χ0) is 11.7. The lowest BCUT2D eigenvalue weighted by molar-refractivity contribution is 0.487. The first-order valence-electron chi connectivity index (χ1n) is 6.14. The number of hydrogen-bond acceptors (Lipinski definition) is 3. The molecule has 2 unspecified atom stereocenters. The molecule has 1 saturated heterocycles. The van der Waals surface area contributed by atoms with Gasteiger partial charge in [0.05, 0.1) is 5.69 Å².